The maximum atomic E-state index is 12.7. The number of hydrogen-bond donors (Lipinski definition) is 2. The number of nitrogens with one attached hydrogen (secondary N) is 1. The third-order valence-electron chi connectivity index (χ3n) is 6.50. The Kier molecular flexibility index (Phi) is 7.36. The second-order valence-electron chi connectivity index (χ2n) is 8.85. The summed E-state index contributed by atoms with van der Waals surface area (Å²) in [6.07, 6.45) is 0.972. The van der Waals surface area contributed by atoms with E-state index in [2.05, 4.69) is 29.3 Å². The van der Waals surface area contributed by atoms with Gasteiger partial charge >= 0.3 is 0 Å². The van der Waals surface area contributed by atoms with Crippen molar-refractivity contribution in [1.82, 2.24) is 4.90 Å². The zero-order valence-corrected chi connectivity index (χ0v) is 20.3. The van der Waals surface area contributed by atoms with Crippen molar-refractivity contribution >= 4 is 17.5 Å². The van der Waals surface area contributed by atoms with Crippen molar-refractivity contribution in [3.8, 4) is 11.5 Å². The largest absolute Gasteiger partial charge is 0.493 e. The van der Waals surface area contributed by atoms with Crippen molar-refractivity contribution < 1.29 is 19.1 Å². The molecule has 1 aliphatic heterocycles. The van der Waals surface area contributed by atoms with Gasteiger partial charge in [-0.25, -0.2) is 0 Å². The predicted molar refractivity (Wildman–Crippen MR) is 136 cm³/mol. The van der Waals surface area contributed by atoms with Gasteiger partial charge in [0.05, 0.1) is 25.3 Å². The predicted octanol–water partition coefficient (Wildman–Crippen LogP) is 4.22. The lowest BCUT2D eigenvalue weighted by Crippen LogP contribution is -2.33. The van der Waals surface area contributed by atoms with Gasteiger partial charge in [-0.05, 0) is 65.4 Å². The number of rotatable bonds is 8. The van der Waals surface area contributed by atoms with E-state index in [0.29, 0.717) is 11.6 Å². The van der Waals surface area contributed by atoms with Crippen molar-refractivity contribution in [1.29, 1.82) is 0 Å². The number of amides is 2. The SMILES string of the molecule is COc1cc2c(cc1OC)CN(CC(C)c1ccc(NC(=O)c3ccccc3C(N)=O)cc1)CC2. The molecule has 182 valence electrons. The Morgan fingerprint density at radius 3 is 2.23 bits per heavy atom. The molecule has 35 heavy (non-hydrogen) atoms. The number of methoxy groups -OCH3 is 2. The van der Waals surface area contributed by atoms with Crippen LogP contribution >= 0.6 is 0 Å². The number of fused-ring (bicyclic) bond motifs is 1. The molecule has 3 aromatic carbocycles. The lowest BCUT2D eigenvalue weighted by molar-refractivity contribution is 0.0977. The van der Waals surface area contributed by atoms with Crippen LogP contribution in [0.3, 0.4) is 0 Å². The molecule has 1 aliphatic rings. The highest BCUT2D eigenvalue weighted by atomic mass is 16.5. The number of carbonyl (C=O) groups is 2. The van der Waals surface area contributed by atoms with Crippen LogP contribution in [0.25, 0.3) is 0 Å². The van der Waals surface area contributed by atoms with Gasteiger partial charge in [0.2, 0.25) is 5.91 Å². The molecule has 1 atom stereocenters. The lowest BCUT2D eigenvalue weighted by atomic mass is 9.95. The van der Waals surface area contributed by atoms with E-state index in [4.69, 9.17) is 15.2 Å². The molecule has 0 saturated heterocycles. The third kappa shape index (κ3) is 5.46. The molecule has 1 heterocycles. The fourth-order valence-corrected chi connectivity index (χ4v) is 4.58. The topological polar surface area (TPSA) is 93.9 Å². The summed E-state index contributed by atoms with van der Waals surface area (Å²) in [5.74, 6) is 0.865. The first-order chi connectivity index (χ1) is 16.9. The zero-order chi connectivity index (χ0) is 24.9. The summed E-state index contributed by atoms with van der Waals surface area (Å²) in [5.41, 5.74) is 10.3. The number of primary amides is 1. The summed E-state index contributed by atoms with van der Waals surface area (Å²) >= 11 is 0. The summed E-state index contributed by atoms with van der Waals surface area (Å²) < 4.78 is 10.9. The summed E-state index contributed by atoms with van der Waals surface area (Å²) in [5, 5.41) is 2.85. The Hall–Kier alpha value is -3.84. The van der Waals surface area contributed by atoms with Crippen molar-refractivity contribution in [2.75, 3.05) is 32.6 Å². The standard InChI is InChI=1S/C28H31N3O4/c1-18(16-31-13-12-20-14-25(34-2)26(35-3)15-21(20)17-31)19-8-10-22(11-9-19)30-28(33)24-7-5-4-6-23(24)27(29)32/h4-11,14-15,18H,12-13,16-17H2,1-3H3,(H2,29,32)(H,30,33). The van der Waals surface area contributed by atoms with Crippen LogP contribution < -0.4 is 20.5 Å². The van der Waals surface area contributed by atoms with Gasteiger partial charge in [-0.2, -0.15) is 0 Å². The molecular weight excluding hydrogens is 442 g/mol. The molecule has 3 N–H and O–H groups in total. The average Bonchev–Trinajstić information content (AvgIpc) is 2.88. The Morgan fingerprint density at radius 1 is 0.971 bits per heavy atom. The molecule has 2 amide bonds. The van der Waals surface area contributed by atoms with E-state index in [1.54, 1.807) is 38.5 Å². The third-order valence-corrected chi connectivity index (χ3v) is 6.50. The van der Waals surface area contributed by atoms with Crippen molar-refractivity contribution in [3.63, 3.8) is 0 Å². The van der Waals surface area contributed by atoms with Crippen LogP contribution in [0, 0.1) is 0 Å². The second-order valence-corrected chi connectivity index (χ2v) is 8.85. The summed E-state index contributed by atoms with van der Waals surface area (Å²) in [6, 6.07) is 18.5. The van der Waals surface area contributed by atoms with Gasteiger partial charge < -0.3 is 20.5 Å². The Labute approximate surface area is 205 Å². The Balaban J connectivity index is 1.39. The zero-order valence-electron chi connectivity index (χ0n) is 20.3. The molecule has 4 rings (SSSR count). The fourth-order valence-electron chi connectivity index (χ4n) is 4.58. The maximum Gasteiger partial charge on any atom is 0.256 e. The number of carbonyl (C=O) groups excluding carboxylic acids is 2. The molecular formula is C28H31N3O4. The van der Waals surface area contributed by atoms with Crippen LogP contribution in [0.15, 0.2) is 60.7 Å². The highest BCUT2D eigenvalue weighted by Crippen LogP contribution is 2.33. The highest BCUT2D eigenvalue weighted by molar-refractivity contribution is 6.11. The second kappa shape index (κ2) is 10.6. The first-order valence-corrected chi connectivity index (χ1v) is 11.7. The summed E-state index contributed by atoms with van der Waals surface area (Å²) in [7, 11) is 3.33. The van der Waals surface area contributed by atoms with Crippen LogP contribution in [-0.4, -0.2) is 44.0 Å². The van der Waals surface area contributed by atoms with Crippen LogP contribution in [0.2, 0.25) is 0 Å². The molecule has 0 aliphatic carbocycles. The molecule has 0 fully saturated rings. The minimum atomic E-state index is -0.627. The van der Waals surface area contributed by atoms with Crippen molar-refractivity contribution in [2.24, 2.45) is 5.73 Å². The lowest BCUT2D eigenvalue weighted by Gasteiger charge is -2.31. The van der Waals surface area contributed by atoms with Crippen LogP contribution in [0.1, 0.15) is 50.2 Å². The summed E-state index contributed by atoms with van der Waals surface area (Å²) in [4.78, 5) is 26.7. The minimum absolute atomic E-state index is 0.203. The molecule has 7 nitrogen and oxygen atoms in total. The minimum Gasteiger partial charge on any atom is -0.493 e. The molecule has 7 heteroatoms. The van der Waals surface area contributed by atoms with Crippen molar-refractivity contribution in [2.45, 2.75) is 25.8 Å². The van der Waals surface area contributed by atoms with Crippen molar-refractivity contribution in [3.05, 3.63) is 88.5 Å². The van der Waals surface area contributed by atoms with Gasteiger partial charge in [-0.3, -0.25) is 14.5 Å². The Morgan fingerprint density at radius 2 is 1.60 bits per heavy atom. The normalized spacial score (nSPS) is 14.0. The number of ether oxygens (including phenoxy) is 2. The number of nitrogens with two attached hydrogens (primary N) is 1. The first-order valence-electron chi connectivity index (χ1n) is 11.7. The van der Waals surface area contributed by atoms with Crippen LogP contribution in [-0.2, 0) is 13.0 Å². The van der Waals surface area contributed by atoms with E-state index < -0.39 is 5.91 Å². The molecule has 0 aromatic heterocycles. The van der Waals surface area contributed by atoms with E-state index in [-0.39, 0.29) is 17.0 Å². The quantitative estimate of drug-likeness (QED) is 0.511. The number of hydrogen-bond acceptors (Lipinski definition) is 5. The van der Waals surface area contributed by atoms with Gasteiger partial charge in [0.25, 0.3) is 5.91 Å². The van der Waals surface area contributed by atoms with E-state index in [9.17, 15) is 9.59 Å². The van der Waals surface area contributed by atoms with Gasteiger partial charge in [-0.15, -0.1) is 0 Å². The van der Waals surface area contributed by atoms with Gasteiger partial charge in [0, 0.05) is 25.3 Å². The van der Waals surface area contributed by atoms with E-state index >= 15 is 0 Å². The van der Waals surface area contributed by atoms with Gasteiger partial charge in [0.1, 0.15) is 0 Å². The first kappa shape index (κ1) is 24.3. The monoisotopic (exact) mass is 473 g/mol. The molecule has 0 spiro atoms. The molecule has 0 saturated carbocycles. The molecule has 0 bridgehead atoms. The average molecular weight is 474 g/mol. The van der Waals surface area contributed by atoms with Crippen LogP contribution in [0.5, 0.6) is 11.5 Å². The van der Waals surface area contributed by atoms with Gasteiger partial charge in [-0.1, -0.05) is 31.2 Å². The van der Waals surface area contributed by atoms with Gasteiger partial charge in [0.15, 0.2) is 11.5 Å². The maximum absolute atomic E-state index is 12.7. The smallest absolute Gasteiger partial charge is 0.256 e. The van der Waals surface area contributed by atoms with E-state index in [0.717, 1.165) is 37.6 Å². The van der Waals surface area contributed by atoms with E-state index in [1.165, 1.54) is 16.7 Å². The highest BCUT2D eigenvalue weighted by Gasteiger charge is 2.21. The Bertz CT molecular complexity index is 1220. The molecule has 3 aromatic rings. The number of anilines is 1. The summed E-state index contributed by atoms with van der Waals surface area (Å²) in [6.45, 7) is 4.99. The molecule has 1 unspecified atom stereocenters. The number of benzene rings is 3. The number of nitrogens with zero attached hydrogens (tertiary/aromatic N) is 1. The van der Waals surface area contributed by atoms with Crippen LogP contribution in [0.4, 0.5) is 5.69 Å². The van der Waals surface area contributed by atoms with E-state index in [1.807, 2.05) is 24.3 Å². The fraction of sp³-hybridized carbons (Fsp3) is 0.286. The molecule has 0 radical (unpaired) electrons.